The van der Waals surface area contributed by atoms with E-state index in [1.807, 2.05) is 0 Å². The molecular formula is C5H5BrN2O2. The molecule has 0 aromatic carbocycles. The van der Waals surface area contributed by atoms with Gasteiger partial charge in [-0.2, -0.15) is 0 Å². The van der Waals surface area contributed by atoms with Gasteiger partial charge in [-0.15, -0.1) is 0 Å². The van der Waals surface area contributed by atoms with E-state index in [1.165, 1.54) is 6.26 Å². The van der Waals surface area contributed by atoms with Gasteiger partial charge in [0.15, 0.2) is 5.78 Å². The quantitative estimate of drug-likeness (QED) is 0.716. The van der Waals surface area contributed by atoms with Crippen LogP contribution < -0.4 is 5.73 Å². The van der Waals surface area contributed by atoms with Crippen LogP contribution >= 0.6 is 15.9 Å². The second kappa shape index (κ2) is 2.94. The molecule has 0 fully saturated rings. The second-order valence-corrected chi connectivity index (χ2v) is 2.29. The summed E-state index contributed by atoms with van der Waals surface area (Å²) < 4.78 is 4.72. The first-order valence-corrected chi connectivity index (χ1v) is 3.37. The Bertz CT molecular complexity index is 246. The molecule has 0 atom stereocenters. The second-order valence-electron chi connectivity index (χ2n) is 1.61. The number of Topliss-reactive ketones (excluding diaryl/α,β-unsaturated/α-hetero) is 1. The van der Waals surface area contributed by atoms with Crippen molar-refractivity contribution in [2.45, 2.75) is 0 Å². The Kier molecular flexibility index (Phi) is 2.18. The summed E-state index contributed by atoms with van der Waals surface area (Å²) in [5.74, 6) is -0.227. The van der Waals surface area contributed by atoms with Crippen molar-refractivity contribution >= 4 is 21.7 Å². The van der Waals surface area contributed by atoms with Crippen molar-refractivity contribution in [3.63, 3.8) is 0 Å². The fourth-order valence-electron chi connectivity index (χ4n) is 0.484. The molecule has 2 N–H and O–H groups in total. The van der Waals surface area contributed by atoms with E-state index >= 15 is 0 Å². The van der Waals surface area contributed by atoms with Crippen molar-refractivity contribution in [1.29, 1.82) is 0 Å². The molecule has 0 amide bonds. The van der Waals surface area contributed by atoms with Crippen molar-refractivity contribution in [2.24, 2.45) is 5.73 Å². The molecule has 0 unspecified atom stereocenters. The van der Waals surface area contributed by atoms with E-state index < -0.39 is 0 Å². The lowest BCUT2D eigenvalue weighted by atomic mass is 10.3. The summed E-state index contributed by atoms with van der Waals surface area (Å²) in [6.07, 6.45) is 1.26. The number of hydrogen-bond donors (Lipinski definition) is 1. The lowest BCUT2D eigenvalue weighted by Crippen LogP contribution is -2.13. The Labute approximate surface area is 65.5 Å². The van der Waals surface area contributed by atoms with E-state index in [2.05, 4.69) is 20.9 Å². The van der Waals surface area contributed by atoms with Crippen molar-refractivity contribution in [2.75, 3.05) is 6.54 Å². The van der Waals surface area contributed by atoms with E-state index in [4.69, 9.17) is 10.2 Å². The Balaban J connectivity index is 2.85. The predicted molar refractivity (Wildman–Crippen MR) is 37.6 cm³/mol. The summed E-state index contributed by atoms with van der Waals surface area (Å²) in [5, 5.41) is 0. The summed E-state index contributed by atoms with van der Waals surface area (Å²) >= 11 is 2.96. The molecule has 54 valence electrons. The molecule has 1 aromatic rings. The number of oxazole rings is 1. The topological polar surface area (TPSA) is 69.1 Å². The van der Waals surface area contributed by atoms with Gasteiger partial charge >= 0.3 is 0 Å². The van der Waals surface area contributed by atoms with Gasteiger partial charge in [-0.3, -0.25) is 4.79 Å². The zero-order chi connectivity index (χ0) is 7.56. The monoisotopic (exact) mass is 204 g/mol. The van der Waals surface area contributed by atoms with E-state index in [1.54, 1.807) is 0 Å². The minimum absolute atomic E-state index is 0.0427. The first kappa shape index (κ1) is 7.43. The molecule has 0 bridgehead atoms. The van der Waals surface area contributed by atoms with Gasteiger partial charge < -0.3 is 10.2 Å². The largest absolute Gasteiger partial charge is 0.439 e. The summed E-state index contributed by atoms with van der Waals surface area (Å²) in [6, 6.07) is 0. The van der Waals surface area contributed by atoms with Gasteiger partial charge in [0, 0.05) is 15.9 Å². The number of halogens is 1. The maximum atomic E-state index is 10.8. The zero-order valence-corrected chi connectivity index (χ0v) is 6.59. The van der Waals surface area contributed by atoms with E-state index in [0.717, 1.165) is 0 Å². The number of nitrogens with two attached hydrogens (primary N) is 1. The van der Waals surface area contributed by atoms with Crippen LogP contribution in [0, 0.1) is 0 Å². The maximum Gasteiger partial charge on any atom is 0.264 e. The Morgan fingerprint density at radius 2 is 2.60 bits per heavy atom. The summed E-state index contributed by atoms with van der Waals surface area (Å²) in [4.78, 5) is 14.8. The van der Waals surface area contributed by atoms with E-state index in [9.17, 15) is 4.79 Å². The SMILES string of the molecule is NCC(=O)c1coc(Br)n1. The van der Waals surface area contributed by atoms with Crippen molar-refractivity contribution in [3.8, 4) is 0 Å². The molecule has 10 heavy (non-hydrogen) atoms. The van der Waals surface area contributed by atoms with Crippen LogP contribution in [0.5, 0.6) is 0 Å². The summed E-state index contributed by atoms with van der Waals surface area (Å²) in [5.41, 5.74) is 5.33. The number of aromatic nitrogens is 1. The van der Waals surface area contributed by atoms with Gasteiger partial charge in [0.25, 0.3) is 4.80 Å². The lowest BCUT2D eigenvalue weighted by Gasteiger charge is -1.84. The third-order valence-electron chi connectivity index (χ3n) is 0.947. The molecule has 5 heteroatoms. The first-order chi connectivity index (χ1) is 4.74. The highest BCUT2D eigenvalue weighted by Gasteiger charge is 2.07. The lowest BCUT2D eigenvalue weighted by molar-refractivity contribution is 0.0996. The molecule has 4 nitrogen and oxygen atoms in total. The molecule has 1 aromatic heterocycles. The number of nitrogens with zero attached hydrogens (tertiary/aromatic N) is 1. The van der Waals surface area contributed by atoms with Crippen LogP contribution in [0.3, 0.4) is 0 Å². The van der Waals surface area contributed by atoms with Gasteiger partial charge in [-0.1, -0.05) is 0 Å². The molecule has 0 spiro atoms. The highest BCUT2D eigenvalue weighted by molar-refractivity contribution is 9.10. The Morgan fingerprint density at radius 1 is 1.90 bits per heavy atom. The Hall–Kier alpha value is -0.680. The molecule has 0 aliphatic carbocycles. The third-order valence-corrected chi connectivity index (χ3v) is 1.31. The molecule has 1 heterocycles. The van der Waals surface area contributed by atoms with Crippen LogP contribution in [0.1, 0.15) is 10.5 Å². The molecule has 0 radical (unpaired) electrons. The van der Waals surface area contributed by atoms with Gasteiger partial charge in [0.1, 0.15) is 12.0 Å². The molecular weight excluding hydrogens is 200 g/mol. The smallest absolute Gasteiger partial charge is 0.264 e. The summed E-state index contributed by atoms with van der Waals surface area (Å²) in [6.45, 7) is -0.0427. The highest BCUT2D eigenvalue weighted by atomic mass is 79.9. The van der Waals surface area contributed by atoms with Gasteiger partial charge in [-0.25, -0.2) is 4.98 Å². The van der Waals surface area contributed by atoms with Crippen LogP contribution in [-0.2, 0) is 0 Å². The number of hydrogen-bond acceptors (Lipinski definition) is 4. The number of carbonyl (C=O) groups excluding carboxylic acids is 1. The van der Waals surface area contributed by atoms with Crippen molar-refractivity contribution < 1.29 is 9.21 Å². The fraction of sp³-hybridized carbons (Fsp3) is 0.200. The summed E-state index contributed by atoms with van der Waals surface area (Å²) in [7, 11) is 0. The van der Waals surface area contributed by atoms with Gasteiger partial charge in [0.2, 0.25) is 0 Å². The van der Waals surface area contributed by atoms with Crippen molar-refractivity contribution in [3.05, 3.63) is 16.8 Å². The van der Waals surface area contributed by atoms with Crippen LogP contribution in [0.15, 0.2) is 15.5 Å². The van der Waals surface area contributed by atoms with Crippen LogP contribution in [0.2, 0.25) is 0 Å². The third kappa shape index (κ3) is 1.43. The van der Waals surface area contributed by atoms with E-state index in [-0.39, 0.29) is 18.0 Å². The minimum Gasteiger partial charge on any atom is -0.439 e. The molecule has 0 saturated carbocycles. The number of rotatable bonds is 2. The standard InChI is InChI=1S/C5H5BrN2O2/c6-5-8-3(2-10-5)4(9)1-7/h2H,1,7H2. The van der Waals surface area contributed by atoms with Crippen molar-refractivity contribution in [1.82, 2.24) is 4.98 Å². The zero-order valence-electron chi connectivity index (χ0n) is 5.00. The maximum absolute atomic E-state index is 10.8. The van der Waals surface area contributed by atoms with Gasteiger partial charge in [0.05, 0.1) is 6.54 Å². The average Bonchev–Trinajstić information content (AvgIpc) is 2.34. The van der Waals surface area contributed by atoms with Crippen LogP contribution in [0.4, 0.5) is 0 Å². The highest BCUT2D eigenvalue weighted by Crippen LogP contribution is 2.08. The van der Waals surface area contributed by atoms with Crippen LogP contribution in [0.25, 0.3) is 0 Å². The van der Waals surface area contributed by atoms with E-state index in [0.29, 0.717) is 4.80 Å². The average molecular weight is 205 g/mol. The molecule has 0 saturated heterocycles. The first-order valence-electron chi connectivity index (χ1n) is 2.58. The molecule has 1 rings (SSSR count). The number of ketones is 1. The fourth-order valence-corrected chi connectivity index (χ4v) is 0.769. The minimum atomic E-state index is -0.227. The van der Waals surface area contributed by atoms with Gasteiger partial charge in [-0.05, 0) is 0 Å². The van der Waals surface area contributed by atoms with Crippen LogP contribution in [-0.4, -0.2) is 17.3 Å². The normalized spacial score (nSPS) is 9.80. The number of carbonyl (C=O) groups is 1. The molecule has 0 aliphatic rings. The Morgan fingerprint density at radius 3 is 3.00 bits per heavy atom. The molecule has 0 aliphatic heterocycles. The predicted octanol–water partition coefficient (Wildman–Crippen LogP) is 0.578.